The Hall–Kier alpha value is -2.07. The van der Waals surface area contributed by atoms with Crippen LogP contribution in [0.15, 0.2) is 36.4 Å². The van der Waals surface area contributed by atoms with E-state index < -0.39 is 11.7 Å². The van der Waals surface area contributed by atoms with Crippen LogP contribution in [0.4, 0.5) is 15.8 Å². The Morgan fingerprint density at radius 3 is 3.00 bits per heavy atom. The van der Waals surface area contributed by atoms with E-state index in [1.54, 1.807) is 12.1 Å². The van der Waals surface area contributed by atoms with Gasteiger partial charge in [-0.15, -0.1) is 0 Å². The summed E-state index contributed by atoms with van der Waals surface area (Å²) >= 11 is 5.69. The van der Waals surface area contributed by atoms with E-state index in [-0.39, 0.29) is 10.6 Å². The van der Waals surface area contributed by atoms with Gasteiger partial charge >= 0.3 is 0 Å². The lowest BCUT2D eigenvalue weighted by Gasteiger charge is -2.18. The second-order valence-electron chi connectivity index (χ2n) is 4.96. The Morgan fingerprint density at radius 1 is 1.29 bits per heavy atom. The molecule has 2 aromatic rings. The Kier molecular flexibility index (Phi) is 3.80. The van der Waals surface area contributed by atoms with Gasteiger partial charge in [-0.2, -0.15) is 0 Å². The maximum absolute atomic E-state index is 13.8. The van der Waals surface area contributed by atoms with E-state index >= 15 is 0 Å². The minimum Gasteiger partial charge on any atom is -0.385 e. The molecule has 0 saturated heterocycles. The van der Waals surface area contributed by atoms with E-state index in [0.717, 1.165) is 30.6 Å². The number of rotatable bonds is 2. The molecule has 21 heavy (non-hydrogen) atoms. The normalized spacial score (nSPS) is 13.2. The van der Waals surface area contributed by atoms with Crippen molar-refractivity contribution in [2.75, 3.05) is 17.2 Å². The Morgan fingerprint density at radius 2 is 2.14 bits per heavy atom. The molecule has 0 atom stereocenters. The van der Waals surface area contributed by atoms with E-state index in [2.05, 4.69) is 10.6 Å². The first-order valence-electron chi connectivity index (χ1n) is 6.77. The van der Waals surface area contributed by atoms with Gasteiger partial charge in [-0.1, -0.05) is 17.7 Å². The molecule has 2 aromatic carbocycles. The van der Waals surface area contributed by atoms with Crippen LogP contribution in [-0.2, 0) is 6.42 Å². The van der Waals surface area contributed by atoms with Gasteiger partial charge in [-0.3, -0.25) is 4.79 Å². The Bertz CT molecular complexity index is 703. The molecule has 0 aromatic heterocycles. The highest BCUT2D eigenvalue weighted by atomic mass is 35.5. The third kappa shape index (κ3) is 2.85. The largest absolute Gasteiger partial charge is 0.385 e. The van der Waals surface area contributed by atoms with Crippen molar-refractivity contribution in [2.45, 2.75) is 12.8 Å². The van der Waals surface area contributed by atoms with Gasteiger partial charge < -0.3 is 10.6 Å². The standard InChI is InChI=1S/C16H14ClFN2O/c17-13-5-1-4-12(15(13)18)16(21)20-11-6-7-14-10(9-11)3-2-8-19-14/h1,4-7,9,19H,2-3,8H2,(H,20,21). The summed E-state index contributed by atoms with van der Waals surface area (Å²) in [5.41, 5.74) is 2.85. The molecule has 1 aliphatic rings. The van der Waals surface area contributed by atoms with Crippen LogP contribution in [0, 0.1) is 5.82 Å². The summed E-state index contributed by atoms with van der Waals surface area (Å²) in [6.07, 6.45) is 2.03. The van der Waals surface area contributed by atoms with Gasteiger partial charge in [0.2, 0.25) is 0 Å². The van der Waals surface area contributed by atoms with Crippen LogP contribution in [0.2, 0.25) is 5.02 Å². The number of carbonyl (C=O) groups is 1. The summed E-state index contributed by atoms with van der Waals surface area (Å²) < 4.78 is 13.8. The molecule has 3 rings (SSSR count). The molecule has 0 aliphatic carbocycles. The van der Waals surface area contributed by atoms with Crippen LogP contribution < -0.4 is 10.6 Å². The van der Waals surface area contributed by atoms with Crippen molar-refractivity contribution in [1.82, 2.24) is 0 Å². The van der Waals surface area contributed by atoms with Crippen molar-refractivity contribution in [3.63, 3.8) is 0 Å². The number of fused-ring (bicyclic) bond motifs is 1. The van der Waals surface area contributed by atoms with Crippen molar-refractivity contribution in [2.24, 2.45) is 0 Å². The SMILES string of the molecule is O=C(Nc1ccc2c(c1)CCCN2)c1cccc(Cl)c1F. The quantitative estimate of drug-likeness (QED) is 0.877. The molecule has 0 fully saturated rings. The van der Waals surface area contributed by atoms with Crippen LogP contribution in [0.25, 0.3) is 0 Å². The van der Waals surface area contributed by atoms with Crippen LogP contribution in [0.1, 0.15) is 22.3 Å². The molecule has 0 radical (unpaired) electrons. The minimum absolute atomic E-state index is 0.0571. The fraction of sp³-hybridized carbons (Fsp3) is 0.188. The molecule has 0 unspecified atom stereocenters. The van der Waals surface area contributed by atoms with Crippen LogP contribution in [0.5, 0.6) is 0 Å². The van der Waals surface area contributed by atoms with Gasteiger partial charge in [0.1, 0.15) is 0 Å². The van der Waals surface area contributed by atoms with Crippen molar-refractivity contribution < 1.29 is 9.18 Å². The zero-order valence-corrected chi connectivity index (χ0v) is 12.0. The number of nitrogens with one attached hydrogen (secondary N) is 2. The third-order valence-corrected chi connectivity index (χ3v) is 3.79. The van der Waals surface area contributed by atoms with E-state index in [1.165, 1.54) is 12.1 Å². The fourth-order valence-corrected chi connectivity index (χ4v) is 2.60. The smallest absolute Gasteiger partial charge is 0.258 e. The molecular weight excluding hydrogens is 291 g/mol. The number of benzene rings is 2. The van der Waals surface area contributed by atoms with Crippen LogP contribution in [0.3, 0.4) is 0 Å². The maximum atomic E-state index is 13.8. The molecule has 1 amide bonds. The number of carbonyl (C=O) groups excluding carboxylic acids is 1. The van der Waals surface area contributed by atoms with Gasteiger partial charge in [0, 0.05) is 17.9 Å². The summed E-state index contributed by atoms with van der Waals surface area (Å²) in [5.74, 6) is -1.20. The first kappa shape index (κ1) is 13.9. The summed E-state index contributed by atoms with van der Waals surface area (Å²) in [6.45, 7) is 0.965. The monoisotopic (exact) mass is 304 g/mol. The van der Waals surface area contributed by atoms with Crippen LogP contribution in [-0.4, -0.2) is 12.5 Å². The summed E-state index contributed by atoms with van der Waals surface area (Å²) in [7, 11) is 0. The number of hydrogen-bond acceptors (Lipinski definition) is 2. The summed E-state index contributed by atoms with van der Waals surface area (Å²) in [6, 6.07) is 10.0. The fourth-order valence-electron chi connectivity index (χ4n) is 2.43. The molecule has 0 bridgehead atoms. The number of anilines is 2. The molecule has 3 nitrogen and oxygen atoms in total. The van der Waals surface area contributed by atoms with E-state index in [0.29, 0.717) is 5.69 Å². The van der Waals surface area contributed by atoms with Gasteiger partial charge in [0.25, 0.3) is 5.91 Å². The number of halogens is 2. The number of hydrogen-bond donors (Lipinski definition) is 2. The lowest BCUT2D eigenvalue weighted by Crippen LogP contribution is -2.15. The highest BCUT2D eigenvalue weighted by Gasteiger charge is 2.15. The van der Waals surface area contributed by atoms with Gasteiger partial charge in [-0.05, 0) is 48.7 Å². The molecule has 0 saturated carbocycles. The summed E-state index contributed by atoms with van der Waals surface area (Å²) in [5, 5.41) is 5.95. The Labute approximate surface area is 127 Å². The van der Waals surface area contributed by atoms with Crippen molar-refractivity contribution in [3.8, 4) is 0 Å². The average molecular weight is 305 g/mol. The highest BCUT2D eigenvalue weighted by Crippen LogP contribution is 2.26. The maximum Gasteiger partial charge on any atom is 0.258 e. The van der Waals surface area contributed by atoms with Crippen molar-refractivity contribution in [1.29, 1.82) is 0 Å². The lowest BCUT2D eigenvalue weighted by atomic mass is 10.0. The predicted octanol–water partition coefficient (Wildman–Crippen LogP) is 4.09. The third-order valence-electron chi connectivity index (χ3n) is 3.50. The molecule has 0 spiro atoms. The highest BCUT2D eigenvalue weighted by molar-refractivity contribution is 6.31. The second-order valence-corrected chi connectivity index (χ2v) is 5.36. The van der Waals surface area contributed by atoms with Crippen molar-refractivity contribution in [3.05, 3.63) is 58.4 Å². The zero-order valence-electron chi connectivity index (χ0n) is 11.2. The zero-order chi connectivity index (χ0) is 14.8. The van der Waals surface area contributed by atoms with E-state index in [4.69, 9.17) is 11.6 Å². The predicted molar refractivity (Wildman–Crippen MR) is 82.6 cm³/mol. The summed E-state index contributed by atoms with van der Waals surface area (Å²) in [4.78, 5) is 12.1. The lowest BCUT2D eigenvalue weighted by molar-refractivity contribution is 0.102. The van der Waals surface area contributed by atoms with E-state index in [1.807, 2.05) is 12.1 Å². The van der Waals surface area contributed by atoms with Gasteiger partial charge in [-0.25, -0.2) is 4.39 Å². The Balaban J connectivity index is 1.83. The first-order chi connectivity index (χ1) is 10.1. The van der Waals surface area contributed by atoms with E-state index in [9.17, 15) is 9.18 Å². The topological polar surface area (TPSA) is 41.1 Å². The average Bonchev–Trinajstić information content (AvgIpc) is 2.50. The van der Waals surface area contributed by atoms with Gasteiger partial charge in [0.05, 0.1) is 10.6 Å². The molecule has 2 N–H and O–H groups in total. The molecule has 1 aliphatic heterocycles. The van der Waals surface area contributed by atoms with Crippen molar-refractivity contribution >= 4 is 28.9 Å². The molecule has 108 valence electrons. The minimum atomic E-state index is -0.698. The first-order valence-corrected chi connectivity index (χ1v) is 7.15. The molecule has 1 heterocycles. The second kappa shape index (κ2) is 5.74. The number of amides is 1. The van der Waals surface area contributed by atoms with Crippen LogP contribution >= 0.6 is 11.6 Å². The molecule has 5 heteroatoms. The number of aryl methyl sites for hydroxylation is 1. The molecular formula is C16H14ClFN2O. The van der Waals surface area contributed by atoms with Gasteiger partial charge in [0.15, 0.2) is 5.82 Å².